The fourth-order valence-electron chi connectivity index (χ4n) is 2.73. The lowest BCUT2D eigenvalue weighted by molar-refractivity contribution is -0.149. The highest BCUT2D eigenvalue weighted by Gasteiger charge is 2.12. The van der Waals surface area contributed by atoms with Gasteiger partial charge in [-0.1, -0.05) is 64.5 Å². The molecule has 0 radical (unpaired) electrons. The molecule has 0 spiro atoms. The molecule has 0 aliphatic heterocycles. The van der Waals surface area contributed by atoms with Crippen molar-refractivity contribution in [3.8, 4) is 16.9 Å². The molecule has 0 saturated heterocycles. The third-order valence-corrected chi connectivity index (χ3v) is 4.64. The second-order valence-electron chi connectivity index (χ2n) is 6.32. The summed E-state index contributed by atoms with van der Waals surface area (Å²) in [7, 11) is 0. The van der Waals surface area contributed by atoms with E-state index in [1.54, 1.807) is 12.1 Å². The van der Waals surface area contributed by atoms with Gasteiger partial charge in [0.2, 0.25) is 0 Å². The molecule has 29 heavy (non-hydrogen) atoms. The number of benzene rings is 3. The summed E-state index contributed by atoms with van der Waals surface area (Å²) in [6.07, 6.45) is 0. The van der Waals surface area contributed by atoms with Gasteiger partial charge in [0.1, 0.15) is 5.75 Å². The Labute approximate surface area is 177 Å². The average molecular weight is 454 g/mol. The molecule has 0 atom stereocenters. The molecule has 6 heteroatoms. The van der Waals surface area contributed by atoms with Crippen LogP contribution in [0.3, 0.4) is 0 Å². The summed E-state index contributed by atoms with van der Waals surface area (Å²) in [5.41, 5.74) is 3.44. The summed E-state index contributed by atoms with van der Waals surface area (Å²) in [6.45, 7) is 1.22. The Balaban J connectivity index is 1.51. The first-order valence-corrected chi connectivity index (χ1v) is 9.81. The zero-order valence-corrected chi connectivity index (χ0v) is 17.4. The van der Waals surface area contributed by atoms with E-state index in [1.165, 1.54) is 0 Å². The molecule has 3 aromatic carbocycles. The number of amides is 1. The molecule has 0 fully saturated rings. The number of halogens is 1. The predicted molar refractivity (Wildman–Crippen MR) is 116 cm³/mol. The summed E-state index contributed by atoms with van der Waals surface area (Å²) in [6, 6.07) is 22.7. The number of hydrogen-bond acceptors (Lipinski definition) is 4. The monoisotopic (exact) mass is 453 g/mol. The van der Waals surface area contributed by atoms with Crippen LogP contribution in [0, 0.1) is 6.92 Å². The lowest BCUT2D eigenvalue weighted by Gasteiger charge is -2.12. The molecule has 3 aromatic rings. The van der Waals surface area contributed by atoms with Crippen LogP contribution < -0.4 is 10.1 Å². The predicted octanol–water partition coefficient (Wildman–Crippen LogP) is 4.99. The number of carbonyl (C=O) groups is 2. The van der Waals surface area contributed by atoms with E-state index in [-0.39, 0.29) is 13.2 Å². The lowest BCUT2D eigenvalue weighted by Crippen LogP contribution is -2.24. The van der Waals surface area contributed by atoms with E-state index in [0.717, 1.165) is 21.2 Å². The Hall–Kier alpha value is -3.12. The molecule has 3 rings (SSSR count). The van der Waals surface area contributed by atoms with Crippen molar-refractivity contribution in [3.63, 3.8) is 0 Å². The maximum atomic E-state index is 12.0. The van der Waals surface area contributed by atoms with E-state index in [9.17, 15) is 9.59 Å². The minimum Gasteiger partial charge on any atom is -0.481 e. The molecule has 0 aliphatic carbocycles. The van der Waals surface area contributed by atoms with Gasteiger partial charge >= 0.3 is 5.97 Å². The summed E-state index contributed by atoms with van der Waals surface area (Å²) in [4.78, 5) is 24.0. The number of ether oxygens (including phenoxy) is 2. The van der Waals surface area contributed by atoms with E-state index >= 15 is 0 Å². The fourth-order valence-corrected chi connectivity index (χ4v) is 3.20. The van der Waals surface area contributed by atoms with Crippen LogP contribution >= 0.6 is 15.9 Å². The Morgan fingerprint density at radius 3 is 2.41 bits per heavy atom. The minimum atomic E-state index is -0.615. The van der Waals surface area contributed by atoms with Gasteiger partial charge in [-0.15, -0.1) is 0 Å². The van der Waals surface area contributed by atoms with Crippen molar-refractivity contribution in [2.45, 2.75) is 6.92 Å². The van der Waals surface area contributed by atoms with Gasteiger partial charge in [0, 0.05) is 15.7 Å². The Kier molecular flexibility index (Phi) is 7.03. The fraction of sp³-hybridized carbons (Fsp3) is 0.130. The van der Waals surface area contributed by atoms with Gasteiger partial charge in [-0.25, -0.2) is 4.79 Å². The summed E-state index contributed by atoms with van der Waals surface area (Å²) in [5, 5.41) is 2.72. The molecule has 5 nitrogen and oxygen atoms in total. The summed E-state index contributed by atoms with van der Waals surface area (Å²) >= 11 is 3.37. The van der Waals surface area contributed by atoms with E-state index < -0.39 is 11.9 Å². The standard InChI is InChI=1S/C23H20BrNO4/c1-16-13-18(24)11-12-20(16)25-22(26)14-29-23(27)15-28-21-10-6-5-9-19(21)17-7-3-2-4-8-17/h2-13H,14-15H2,1H3,(H,25,26). The Morgan fingerprint density at radius 2 is 1.66 bits per heavy atom. The number of aryl methyl sites for hydroxylation is 1. The van der Waals surface area contributed by atoms with E-state index in [4.69, 9.17) is 9.47 Å². The number of anilines is 1. The topological polar surface area (TPSA) is 64.6 Å². The van der Waals surface area contributed by atoms with Gasteiger partial charge in [0.05, 0.1) is 0 Å². The molecule has 0 aliphatic rings. The molecule has 0 heterocycles. The smallest absolute Gasteiger partial charge is 0.344 e. The number of carbonyl (C=O) groups excluding carboxylic acids is 2. The van der Waals surface area contributed by atoms with Gasteiger partial charge in [-0.3, -0.25) is 4.79 Å². The first kappa shape index (κ1) is 20.6. The SMILES string of the molecule is Cc1cc(Br)ccc1NC(=O)COC(=O)COc1ccccc1-c1ccccc1. The van der Waals surface area contributed by atoms with Crippen LogP contribution in [0.5, 0.6) is 5.75 Å². The van der Waals surface area contributed by atoms with Crippen LogP contribution in [0.25, 0.3) is 11.1 Å². The zero-order valence-electron chi connectivity index (χ0n) is 15.9. The molecule has 1 N–H and O–H groups in total. The van der Waals surface area contributed by atoms with Crippen molar-refractivity contribution in [1.82, 2.24) is 0 Å². The van der Waals surface area contributed by atoms with Crippen LogP contribution in [-0.2, 0) is 14.3 Å². The summed E-state index contributed by atoms with van der Waals surface area (Å²) < 4.78 is 11.6. The molecule has 1 amide bonds. The quantitative estimate of drug-likeness (QED) is 0.512. The van der Waals surface area contributed by atoms with E-state index in [0.29, 0.717) is 11.4 Å². The van der Waals surface area contributed by atoms with Crippen molar-refractivity contribution >= 4 is 33.5 Å². The highest BCUT2D eigenvalue weighted by Crippen LogP contribution is 2.29. The van der Waals surface area contributed by atoms with Crippen molar-refractivity contribution in [2.24, 2.45) is 0 Å². The first-order chi connectivity index (χ1) is 14.0. The van der Waals surface area contributed by atoms with E-state index in [1.807, 2.05) is 67.6 Å². The van der Waals surface area contributed by atoms with Gasteiger partial charge in [-0.2, -0.15) is 0 Å². The summed E-state index contributed by atoms with van der Waals surface area (Å²) in [5.74, 6) is -0.449. The Bertz CT molecular complexity index is 1000. The highest BCUT2D eigenvalue weighted by atomic mass is 79.9. The lowest BCUT2D eigenvalue weighted by atomic mass is 10.1. The Morgan fingerprint density at radius 1 is 0.931 bits per heavy atom. The maximum Gasteiger partial charge on any atom is 0.344 e. The number of esters is 1. The van der Waals surface area contributed by atoms with Crippen LogP contribution in [-0.4, -0.2) is 25.1 Å². The molecular formula is C23H20BrNO4. The van der Waals surface area contributed by atoms with Gasteiger partial charge < -0.3 is 14.8 Å². The van der Waals surface area contributed by atoms with Crippen LogP contribution in [0.1, 0.15) is 5.56 Å². The molecule has 148 valence electrons. The third-order valence-electron chi connectivity index (χ3n) is 4.14. The molecule has 0 aromatic heterocycles. The van der Waals surface area contributed by atoms with Crippen molar-refractivity contribution in [2.75, 3.05) is 18.5 Å². The second-order valence-corrected chi connectivity index (χ2v) is 7.23. The molecule has 0 unspecified atom stereocenters. The van der Waals surface area contributed by atoms with Gasteiger partial charge in [-0.05, 0) is 42.3 Å². The molecule has 0 bridgehead atoms. The highest BCUT2D eigenvalue weighted by molar-refractivity contribution is 9.10. The number of rotatable bonds is 7. The molecular weight excluding hydrogens is 434 g/mol. The third kappa shape index (κ3) is 5.93. The number of hydrogen-bond donors (Lipinski definition) is 1. The van der Waals surface area contributed by atoms with Crippen molar-refractivity contribution < 1.29 is 19.1 Å². The molecule has 0 saturated carbocycles. The average Bonchev–Trinajstić information content (AvgIpc) is 2.73. The minimum absolute atomic E-state index is 0.283. The zero-order chi connectivity index (χ0) is 20.6. The largest absolute Gasteiger partial charge is 0.481 e. The van der Waals surface area contributed by atoms with Gasteiger partial charge in [0.25, 0.3) is 5.91 Å². The van der Waals surface area contributed by atoms with Crippen LogP contribution in [0.4, 0.5) is 5.69 Å². The number of nitrogens with one attached hydrogen (secondary N) is 1. The van der Waals surface area contributed by atoms with E-state index in [2.05, 4.69) is 21.2 Å². The van der Waals surface area contributed by atoms with Crippen molar-refractivity contribution in [1.29, 1.82) is 0 Å². The van der Waals surface area contributed by atoms with Gasteiger partial charge in [0.15, 0.2) is 13.2 Å². The normalized spacial score (nSPS) is 10.3. The second kappa shape index (κ2) is 9.89. The van der Waals surface area contributed by atoms with Crippen molar-refractivity contribution in [3.05, 3.63) is 82.8 Å². The van der Waals surface area contributed by atoms with Crippen LogP contribution in [0.15, 0.2) is 77.3 Å². The first-order valence-electron chi connectivity index (χ1n) is 9.02. The number of para-hydroxylation sites is 1. The van der Waals surface area contributed by atoms with Crippen LogP contribution in [0.2, 0.25) is 0 Å². The maximum absolute atomic E-state index is 12.0.